The third-order valence-corrected chi connectivity index (χ3v) is 3.52. The number of ether oxygens (including phenoxy) is 3. The fraction of sp³-hybridized carbons (Fsp3) is 0.278. The Hall–Kier alpha value is -2.69. The lowest BCUT2D eigenvalue weighted by Crippen LogP contribution is -2.20. The van der Waals surface area contributed by atoms with Gasteiger partial charge in [-0.2, -0.15) is 0 Å². The Morgan fingerprint density at radius 3 is 2.22 bits per heavy atom. The van der Waals surface area contributed by atoms with Gasteiger partial charge >= 0.3 is 0 Å². The second kappa shape index (κ2) is 7.54. The number of aryl methyl sites for hydroxylation is 2. The monoisotopic (exact) mass is 315 g/mol. The van der Waals surface area contributed by atoms with E-state index in [1.807, 2.05) is 38.1 Å². The Morgan fingerprint density at radius 2 is 1.57 bits per heavy atom. The van der Waals surface area contributed by atoms with Crippen molar-refractivity contribution in [3.05, 3.63) is 47.5 Å². The number of hydrogen-bond donors (Lipinski definition) is 1. The minimum atomic E-state index is -0.266. The molecule has 2 aromatic rings. The standard InChI is InChI=1S/C18H21NO4/c1-12-9-14(17(22-4)10-13(12)2)19-18(20)11-23-16-8-6-5-7-15(16)21-3/h5-10H,11H2,1-4H3,(H,19,20). The molecule has 0 spiro atoms. The average Bonchev–Trinajstić information content (AvgIpc) is 2.56. The molecule has 5 nitrogen and oxygen atoms in total. The molecule has 0 saturated carbocycles. The van der Waals surface area contributed by atoms with Gasteiger partial charge in [-0.05, 0) is 49.2 Å². The Bertz CT molecular complexity index is 697. The van der Waals surface area contributed by atoms with Crippen molar-refractivity contribution in [2.45, 2.75) is 13.8 Å². The number of amides is 1. The van der Waals surface area contributed by atoms with Crippen molar-refractivity contribution in [2.75, 3.05) is 26.1 Å². The molecule has 0 atom stereocenters. The van der Waals surface area contributed by atoms with Crippen molar-refractivity contribution in [2.24, 2.45) is 0 Å². The molecule has 0 bridgehead atoms. The largest absolute Gasteiger partial charge is 0.495 e. The number of benzene rings is 2. The lowest BCUT2D eigenvalue weighted by molar-refractivity contribution is -0.118. The first-order valence-corrected chi connectivity index (χ1v) is 7.26. The zero-order valence-corrected chi connectivity index (χ0v) is 13.8. The topological polar surface area (TPSA) is 56.8 Å². The predicted molar refractivity (Wildman–Crippen MR) is 89.6 cm³/mol. The Balaban J connectivity index is 2.04. The van der Waals surface area contributed by atoms with E-state index in [1.165, 1.54) is 0 Å². The first-order valence-electron chi connectivity index (χ1n) is 7.26. The molecule has 2 aromatic carbocycles. The number of nitrogens with one attached hydrogen (secondary N) is 1. The van der Waals surface area contributed by atoms with E-state index in [4.69, 9.17) is 14.2 Å². The van der Waals surface area contributed by atoms with Gasteiger partial charge in [0, 0.05) is 0 Å². The number of carbonyl (C=O) groups excluding carboxylic acids is 1. The summed E-state index contributed by atoms with van der Waals surface area (Å²) >= 11 is 0. The van der Waals surface area contributed by atoms with Crippen LogP contribution in [-0.4, -0.2) is 26.7 Å². The summed E-state index contributed by atoms with van der Waals surface area (Å²) in [4.78, 5) is 12.1. The van der Waals surface area contributed by atoms with Crippen LogP contribution in [0.15, 0.2) is 36.4 Å². The molecular weight excluding hydrogens is 294 g/mol. The van der Waals surface area contributed by atoms with Gasteiger partial charge in [-0.1, -0.05) is 12.1 Å². The van der Waals surface area contributed by atoms with Crippen LogP contribution in [0.1, 0.15) is 11.1 Å². The molecule has 1 amide bonds. The minimum absolute atomic E-state index is 0.115. The summed E-state index contributed by atoms with van der Waals surface area (Å²) in [6, 6.07) is 11.0. The van der Waals surface area contributed by atoms with Crippen molar-refractivity contribution < 1.29 is 19.0 Å². The molecule has 0 aliphatic rings. The maximum atomic E-state index is 12.1. The summed E-state index contributed by atoms with van der Waals surface area (Å²) in [5.41, 5.74) is 2.81. The van der Waals surface area contributed by atoms with Gasteiger partial charge in [-0.25, -0.2) is 0 Å². The van der Waals surface area contributed by atoms with Gasteiger partial charge in [-0.15, -0.1) is 0 Å². The molecule has 5 heteroatoms. The van der Waals surface area contributed by atoms with E-state index >= 15 is 0 Å². The Kier molecular flexibility index (Phi) is 5.46. The van der Waals surface area contributed by atoms with E-state index in [0.29, 0.717) is 22.9 Å². The lowest BCUT2D eigenvalue weighted by Gasteiger charge is -2.14. The zero-order chi connectivity index (χ0) is 16.8. The van der Waals surface area contributed by atoms with E-state index in [-0.39, 0.29) is 12.5 Å². The second-order valence-corrected chi connectivity index (χ2v) is 5.12. The molecule has 0 fully saturated rings. The van der Waals surface area contributed by atoms with E-state index in [0.717, 1.165) is 11.1 Å². The fourth-order valence-electron chi connectivity index (χ4n) is 2.12. The number of para-hydroxylation sites is 2. The molecule has 1 N–H and O–H groups in total. The molecular formula is C18H21NO4. The summed E-state index contributed by atoms with van der Waals surface area (Å²) in [5.74, 6) is 1.47. The summed E-state index contributed by atoms with van der Waals surface area (Å²) in [6.07, 6.45) is 0. The molecule has 0 saturated heterocycles. The molecule has 0 radical (unpaired) electrons. The van der Waals surface area contributed by atoms with Crippen LogP contribution in [0.3, 0.4) is 0 Å². The normalized spacial score (nSPS) is 10.1. The highest BCUT2D eigenvalue weighted by atomic mass is 16.5. The molecule has 0 aliphatic carbocycles. The van der Waals surface area contributed by atoms with Crippen molar-refractivity contribution >= 4 is 11.6 Å². The molecule has 2 rings (SSSR count). The van der Waals surface area contributed by atoms with E-state index < -0.39 is 0 Å². The van der Waals surface area contributed by atoms with Gasteiger partial charge in [0.15, 0.2) is 18.1 Å². The SMILES string of the molecule is COc1cc(C)c(C)cc1NC(=O)COc1ccccc1OC. The first-order chi connectivity index (χ1) is 11.0. The van der Waals surface area contributed by atoms with Crippen LogP contribution in [0.25, 0.3) is 0 Å². The first kappa shape index (κ1) is 16.7. The number of hydrogen-bond acceptors (Lipinski definition) is 4. The van der Waals surface area contributed by atoms with Crippen LogP contribution in [0.2, 0.25) is 0 Å². The van der Waals surface area contributed by atoms with E-state index in [9.17, 15) is 4.79 Å². The number of methoxy groups -OCH3 is 2. The fourth-order valence-corrected chi connectivity index (χ4v) is 2.12. The maximum absolute atomic E-state index is 12.1. The maximum Gasteiger partial charge on any atom is 0.262 e. The van der Waals surface area contributed by atoms with Crippen LogP contribution >= 0.6 is 0 Å². The van der Waals surface area contributed by atoms with Gasteiger partial charge < -0.3 is 19.5 Å². The molecule has 0 heterocycles. The summed E-state index contributed by atoms with van der Waals surface area (Å²) in [5, 5.41) is 2.81. The number of anilines is 1. The smallest absolute Gasteiger partial charge is 0.262 e. The quantitative estimate of drug-likeness (QED) is 0.888. The molecule has 0 unspecified atom stereocenters. The lowest BCUT2D eigenvalue weighted by atomic mass is 10.1. The molecule has 23 heavy (non-hydrogen) atoms. The van der Waals surface area contributed by atoms with Gasteiger partial charge in [0.05, 0.1) is 19.9 Å². The Labute approximate surface area is 136 Å². The van der Waals surface area contributed by atoms with Crippen LogP contribution in [-0.2, 0) is 4.79 Å². The third-order valence-electron chi connectivity index (χ3n) is 3.52. The third kappa shape index (κ3) is 4.16. The average molecular weight is 315 g/mol. The predicted octanol–water partition coefficient (Wildman–Crippen LogP) is 3.34. The summed E-state index contributed by atoms with van der Waals surface area (Å²) in [7, 11) is 3.13. The van der Waals surface area contributed by atoms with E-state index in [2.05, 4.69) is 5.32 Å². The molecule has 0 aromatic heterocycles. The van der Waals surface area contributed by atoms with E-state index in [1.54, 1.807) is 26.4 Å². The van der Waals surface area contributed by atoms with Gasteiger partial charge in [0.1, 0.15) is 5.75 Å². The van der Waals surface area contributed by atoms with Gasteiger partial charge in [0.25, 0.3) is 5.91 Å². The number of carbonyl (C=O) groups is 1. The van der Waals surface area contributed by atoms with Crippen molar-refractivity contribution in [1.82, 2.24) is 0 Å². The highest BCUT2D eigenvalue weighted by Gasteiger charge is 2.11. The Morgan fingerprint density at radius 1 is 0.957 bits per heavy atom. The van der Waals surface area contributed by atoms with Crippen molar-refractivity contribution in [3.63, 3.8) is 0 Å². The molecule has 122 valence electrons. The van der Waals surface area contributed by atoms with Gasteiger partial charge in [-0.3, -0.25) is 4.79 Å². The van der Waals surface area contributed by atoms with Gasteiger partial charge in [0.2, 0.25) is 0 Å². The van der Waals surface area contributed by atoms with Crippen LogP contribution in [0.5, 0.6) is 17.2 Å². The zero-order valence-electron chi connectivity index (χ0n) is 13.8. The van der Waals surface area contributed by atoms with Crippen molar-refractivity contribution in [1.29, 1.82) is 0 Å². The highest BCUT2D eigenvalue weighted by molar-refractivity contribution is 5.93. The summed E-state index contributed by atoms with van der Waals surface area (Å²) in [6.45, 7) is 3.86. The minimum Gasteiger partial charge on any atom is -0.495 e. The second-order valence-electron chi connectivity index (χ2n) is 5.12. The summed E-state index contributed by atoms with van der Waals surface area (Å²) < 4.78 is 16.0. The van der Waals surface area contributed by atoms with Crippen molar-refractivity contribution in [3.8, 4) is 17.2 Å². The highest BCUT2D eigenvalue weighted by Crippen LogP contribution is 2.28. The van der Waals surface area contributed by atoms with Crippen LogP contribution in [0, 0.1) is 13.8 Å². The number of rotatable bonds is 6. The van der Waals surface area contributed by atoms with Crippen LogP contribution < -0.4 is 19.5 Å². The van der Waals surface area contributed by atoms with Crippen LogP contribution in [0.4, 0.5) is 5.69 Å². The molecule has 0 aliphatic heterocycles.